The van der Waals surface area contributed by atoms with E-state index in [1.54, 1.807) is 30.3 Å². The molecule has 0 aliphatic carbocycles. The maximum Gasteiger partial charge on any atom is 0.297 e. The van der Waals surface area contributed by atoms with E-state index in [4.69, 9.17) is 10.2 Å². The zero-order valence-electron chi connectivity index (χ0n) is 9.91. The smallest absolute Gasteiger partial charge is 0.297 e. The van der Waals surface area contributed by atoms with E-state index in [9.17, 15) is 8.42 Å². The number of rotatable bonds is 4. The fourth-order valence-corrected chi connectivity index (χ4v) is 2.64. The van der Waals surface area contributed by atoms with Crippen LogP contribution in [0.25, 0.3) is 0 Å². The minimum atomic E-state index is -3.67. The molecule has 0 spiro atoms. The van der Waals surface area contributed by atoms with E-state index in [0.717, 1.165) is 0 Å². The van der Waals surface area contributed by atoms with Gasteiger partial charge in [-0.1, -0.05) is 18.2 Å². The largest absolute Gasteiger partial charge is 0.446 e. The normalized spacial score (nSPS) is 11.4. The molecule has 0 aliphatic heterocycles. The van der Waals surface area contributed by atoms with Crippen LogP contribution in [0.15, 0.2) is 52.0 Å². The molecule has 1 aromatic carbocycles. The van der Waals surface area contributed by atoms with Crippen LogP contribution >= 0.6 is 0 Å². The van der Waals surface area contributed by atoms with E-state index < -0.39 is 10.0 Å². The number of nitrogens with zero attached hydrogens (tertiary/aromatic N) is 1. The van der Waals surface area contributed by atoms with Crippen molar-refractivity contribution in [3.05, 3.63) is 48.2 Å². The Morgan fingerprint density at radius 2 is 1.83 bits per heavy atom. The highest BCUT2D eigenvalue weighted by Gasteiger charge is 2.24. The molecule has 18 heavy (non-hydrogen) atoms. The van der Waals surface area contributed by atoms with E-state index >= 15 is 0 Å². The van der Waals surface area contributed by atoms with Crippen LogP contribution in [-0.2, 0) is 16.6 Å². The van der Waals surface area contributed by atoms with Crippen LogP contribution in [0, 0.1) is 0 Å². The van der Waals surface area contributed by atoms with Crippen LogP contribution in [0.2, 0.25) is 0 Å². The summed E-state index contributed by atoms with van der Waals surface area (Å²) >= 11 is 0. The minimum absolute atomic E-state index is 0.102. The Kier molecular flexibility index (Phi) is 3.40. The monoisotopic (exact) mass is 266 g/mol. The molecule has 2 N–H and O–H groups in total. The summed E-state index contributed by atoms with van der Waals surface area (Å²) in [5, 5.41) is -0.102. The van der Waals surface area contributed by atoms with Gasteiger partial charge < -0.3 is 10.2 Å². The van der Waals surface area contributed by atoms with Gasteiger partial charge in [-0.2, -0.15) is 8.42 Å². The lowest BCUT2D eigenvalue weighted by Crippen LogP contribution is -2.26. The van der Waals surface area contributed by atoms with Crippen LogP contribution in [0.4, 0.5) is 5.69 Å². The van der Waals surface area contributed by atoms with Crippen LogP contribution in [0.5, 0.6) is 0 Å². The van der Waals surface area contributed by atoms with Crippen molar-refractivity contribution in [2.75, 3.05) is 11.4 Å². The van der Waals surface area contributed by atoms with Gasteiger partial charge in [0.15, 0.2) is 0 Å². The lowest BCUT2D eigenvalue weighted by atomic mass is 10.3. The maximum atomic E-state index is 12.3. The van der Waals surface area contributed by atoms with Crippen molar-refractivity contribution in [1.29, 1.82) is 0 Å². The molecular weight excluding hydrogens is 252 g/mol. The zero-order chi connectivity index (χ0) is 13.2. The molecule has 0 amide bonds. The molecular formula is C12H14N2O3S. The van der Waals surface area contributed by atoms with Gasteiger partial charge in [0, 0.05) is 7.05 Å². The third kappa shape index (κ3) is 2.25. The Balaban J connectivity index is 2.37. The summed E-state index contributed by atoms with van der Waals surface area (Å²) in [4.78, 5) is 0. The molecule has 96 valence electrons. The second-order valence-corrected chi connectivity index (χ2v) is 5.63. The highest BCUT2D eigenvalue weighted by Crippen LogP contribution is 2.22. The van der Waals surface area contributed by atoms with Crippen molar-refractivity contribution in [2.24, 2.45) is 5.73 Å². The first-order valence-electron chi connectivity index (χ1n) is 5.38. The van der Waals surface area contributed by atoms with E-state index in [1.165, 1.54) is 17.4 Å². The average molecular weight is 266 g/mol. The summed E-state index contributed by atoms with van der Waals surface area (Å²) < 4.78 is 30.9. The first-order chi connectivity index (χ1) is 8.55. The summed E-state index contributed by atoms with van der Waals surface area (Å²) in [7, 11) is -2.19. The molecule has 1 aromatic heterocycles. The van der Waals surface area contributed by atoms with Gasteiger partial charge in [-0.15, -0.1) is 0 Å². The molecule has 0 radical (unpaired) electrons. The predicted octanol–water partition coefficient (Wildman–Crippen LogP) is 1.56. The lowest BCUT2D eigenvalue weighted by Gasteiger charge is -2.17. The van der Waals surface area contributed by atoms with Gasteiger partial charge in [0.05, 0.1) is 12.2 Å². The van der Waals surface area contributed by atoms with E-state index in [2.05, 4.69) is 0 Å². The molecule has 2 aromatic rings. The summed E-state index contributed by atoms with van der Waals surface area (Å²) in [5.74, 6) is 0.440. The van der Waals surface area contributed by atoms with Crippen molar-refractivity contribution in [3.8, 4) is 0 Å². The second kappa shape index (κ2) is 4.83. The van der Waals surface area contributed by atoms with Gasteiger partial charge in [0.1, 0.15) is 5.76 Å². The van der Waals surface area contributed by atoms with Gasteiger partial charge in [-0.25, -0.2) is 0 Å². The summed E-state index contributed by atoms with van der Waals surface area (Å²) in [6.07, 6.45) is 0. The topological polar surface area (TPSA) is 76.5 Å². The molecule has 2 rings (SSSR count). The number of nitrogens with two attached hydrogens (primary N) is 1. The van der Waals surface area contributed by atoms with E-state index in [1.807, 2.05) is 6.07 Å². The van der Waals surface area contributed by atoms with E-state index in [0.29, 0.717) is 11.4 Å². The molecule has 0 aliphatic rings. The van der Waals surface area contributed by atoms with Crippen molar-refractivity contribution in [2.45, 2.75) is 11.6 Å². The van der Waals surface area contributed by atoms with Gasteiger partial charge in [-0.3, -0.25) is 4.31 Å². The standard InChI is InChI=1S/C12H14N2O3S/c1-14(10-5-3-2-4-6-10)18(15,16)12-8-7-11(9-13)17-12/h2-8H,9,13H2,1H3. The van der Waals surface area contributed by atoms with Gasteiger partial charge in [0.25, 0.3) is 10.0 Å². The first kappa shape index (κ1) is 12.7. The van der Waals surface area contributed by atoms with Crippen LogP contribution in [0.3, 0.4) is 0 Å². The Labute approximate surface area is 106 Å². The van der Waals surface area contributed by atoms with Gasteiger partial charge in [-0.05, 0) is 24.3 Å². The zero-order valence-corrected chi connectivity index (χ0v) is 10.7. The summed E-state index contributed by atoms with van der Waals surface area (Å²) in [6, 6.07) is 11.8. The number of hydrogen-bond acceptors (Lipinski definition) is 4. The fraction of sp³-hybridized carbons (Fsp3) is 0.167. The van der Waals surface area contributed by atoms with Gasteiger partial charge >= 0.3 is 0 Å². The number of benzene rings is 1. The third-order valence-electron chi connectivity index (χ3n) is 2.57. The second-order valence-electron chi connectivity index (χ2n) is 3.73. The Morgan fingerprint density at radius 3 is 2.39 bits per heavy atom. The number of sulfonamides is 1. The van der Waals surface area contributed by atoms with E-state index in [-0.39, 0.29) is 11.6 Å². The SMILES string of the molecule is CN(c1ccccc1)S(=O)(=O)c1ccc(CN)o1. The maximum absolute atomic E-state index is 12.3. The van der Waals surface area contributed by atoms with Crippen molar-refractivity contribution < 1.29 is 12.8 Å². The van der Waals surface area contributed by atoms with Crippen LogP contribution in [0.1, 0.15) is 5.76 Å². The van der Waals surface area contributed by atoms with Crippen LogP contribution in [-0.4, -0.2) is 15.5 Å². The number of hydrogen-bond donors (Lipinski definition) is 1. The minimum Gasteiger partial charge on any atom is -0.446 e. The Bertz CT molecular complexity index is 620. The molecule has 0 saturated heterocycles. The molecule has 0 atom stereocenters. The molecule has 0 saturated carbocycles. The highest BCUT2D eigenvalue weighted by molar-refractivity contribution is 7.92. The average Bonchev–Trinajstić information content (AvgIpc) is 2.88. The molecule has 0 bridgehead atoms. The highest BCUT2D eigenvalue weighted by atomic mass is 32.2. The van der Waals surface area contributed by atoms with Crippen molar-refractivity contribution in [3.63, 3.8) is 0 Å². The quantitative estimate of drug-likeness (QED) is 0.911. The summed E-state index contributed by atoms with van der Waals surface area (Å²) in [5.41, 5.74) is 5.96. The number of para-hydroxylation sites is 1. The van der Waals surface area contributed by atoms with Crippen molar-refractivity contribution >= 4 is 15.7 Å². The van der Waals surface area contributed by atoms with Crippen molar-refractivity contribution in [1.82, 2.24) is 0 Å². The predicted molar refractivity (Wildman–Crippen MR) is 68.6 cm³/mol. The lowest BCUT2D eigenvalue weighted by molar-refractivity contribution is 0.415. The molecule has 0 fully saturated rings. The number of furan rings is 1. The first-order valence-corrected chi connectivity index (χ1v) is 6.82. The molecule has 1 heterocycles. The Morgan fingerprint density at radius 1 is 1.17 bits per heavy atom. The fourth-order valence-electron chi connectivity index (χ4n) is 1.52. The molecule has 5 nitrogen and oxygen atoms in total. The molecule has 6 heteroatoms. The number of anilines is 1. The Hall–Kier alpha value is -1.79. The summed E-state index contributed by atoms with van der Waals surface area (Å²) in [6.45, 7) is 0.171. The third-order valence-corrected chi connectivity index (χ3v) is 4.23. The van der Waals surface area contributed by atoms with Crippen LogP contribution < -0.4 is 10.0 Å². The van der Waals surface area contributed by atoms with Gasteiger partial charge in [0.2, 0.25) is 5.09 Å². The molecule has 0 unspecified atom stereocenters.